The molecule has 0 fully saturated rings. The zero-order valence-electron chi connectivity index (χ0n) is 14.7. The summed E-state index contributed by atoms with van der Waals surface area (Å²) in [6, 6.07) is 1.73. The predicted octanol–water partition coefficient (Wildman–Crippen LogP) is 3.11. The zero-order chi connectivity index (χ0) is 20.4. The number of ether oxygens (including phenoxy) is 1. The Labute approximate surface area is 152 Å². The van der Waals surface area contributed by atoms with Gasteiger partial charge in [-0.15, -0.1) is 0 Å². The first kappa shape index (κ1) is 20.2. The number of hydrogen-bond acceptors (Lipinski definition) is 5. The Morgan fingerprint density at radius 2 is 1.93 bits per heavy atom. The van der Waals surface area contributed by atoms with E-state index in [0.29, 0.717) is 11.0 Å². The van der Waals surface area contributed by atoms with Crippen LogP contribution >= 0.6 is 0 Å². The number of carboxylic acid groups (broad SMARTS) is 1. The molecule has 2 aromatic rings. The molecular formula is C16H17F3N4O4. The first-order valence-electron chi connectivity index (χ1n) is 7.67. The van der Waals surface area contributed by atoms with Gasteiger partial charge in [0.25, 0.3) is 0 Å². The Balaban J connectivity index is 2.58. The first-order chi connectivity index (χ1) is 12.4. The molecule has 1 N–H and O–H groups in total. The molecule has 2 rings (SSSR count). The van der Waals surface area contributed by atoms with Gasteiger partial charge < -0.3 is 9.84 Å². The van der Waals surface area contributed by atoms with E-state index in [1.165, 1.54) is 23.3 Å². The van der Waals surface area contributed by atoms with Crippen LogP contribution in [-0.2, 0) is 15.7 Å². The van der Waals surface area contributed by atoms with Crippen LogP contribution in [0.1, 0.15) is 26.5 Å². The maximum Gasteiger partial charge on any atom is 0.433 e. The van der Waals surface area contributed by atoms with Gasteiger partial charge in [0.1, 0.15) is 30.0 Å². The number of hydrogen-bond donors (Lipinski definition) is 1. The number of carboxylic acids is 1. The number of alkyl halides is 3. The van der Waals surface area contributed by atoms with E-state index in [0.717, 1.165) is 6.07 Å². The van der Waals surface area contributed by atoms with Crippen molar-refractivity contribution in [2.24, 2.45) is 0 Å². The van der Waals surface area contributed by atoms with E-state index in [1.807, 2.05) is 0 Å². The van der Waals surface area contributed by atoms with Crippen LogP contribution in [0.5, 0.6) is 0 Å². The highest BCUT2D eigenvalue weighted by atomic mass is 19.4. The molecule has 1 amide bonds. The van der Waals surface area contributed by atoms with Gasteiger partial charge in [-0.1, -0.05) is 0 Å². The number of carbonyl (C=O) groups is 2. The topological polar surface area (TPSA) is 97.6 Å². The summed E-state index contributed by atoms with van der Waals surface area (Å²) in [5.41, 5.74) is -2.58. The number of anilines is 1. The number of imidazole rings is 1. The van der Waals surface area contributed by atoms with Crippen LogP contribution in [0.4, 0.5) is 23.7 Å². The Morgan fingerprint density at radius 3 is 2.41 bits per heavy atom. The van der Waals surface area contributed by atoms with Gasteiger partial charge in [-0.25, -0.2) is 14.8 Å². The van der Waals surface area contributed by atoms with E-state index < -0.39 is 36.1 Å². The average Bonchev–Trinajstić information content (AvgIpc) is 3.03. The normalized spacial score (nSPS) is 11.9. The van der Waals surface area contributed by atoms with E-state index in [2.05, 4.69) is 9.97 Å². The van der Waals surface area contributed by atoms with Crippen LogP contribution in [-0.4, -0.2) is 43.8 Å². The molecule has 11 heteroatoms. The highest BCUT2D eigenvalue weighted by molar-refractivity contribution is 5.93. The summed E-state index contributed by atoms with van der Waals surface area (Å²) in [6.45, 7) is 3.76. The van der Waals surface area contributed by atoms with Crippen LogP contribution in [0.2, 0.25) is 0 Å². The molecule has 146 valence electrons. The van der Waals surface area contributed by atoms with Crippen molar-refractivity contribution in [1.29, 1.82) is 0 Å². The van der Waals surface area contributed by atoms with Crippen LogP contribution in [0.3, 0.4) is 0 Å². The van der Waals surface area contributed by atoms with Crippen molar-refractivity contribution < 1.29 is 32.6 Å². The standard InChI is InChI=1S/C16H17F3N4O4/c1-15(2,3)27-14(26)23(8-13(24)25)10-6-11(16(17,18)19)21-12(7-10)22-5-4-20-9-22/h4-7,9H,8H2,1-3H3,(H,24,25). The summed E-state index contributed by atoms with van der Waals surface area (Å²) in [5, 5.41) is 9.07. The second kappa shape index (κ2) is 7.25. The van der Waals surface area contributed by atoms with Crippen molar-refractivity contribution >= 4 is 17.7 Å². The lowest BCUT2D eigenvalue weighted by Gasteiger charge is -2.27. The van der Waals surface area contributed by atoms with Crippen LogP contribution in [0.25, 0.3) is 5.82 Å². The highest BCUT2D eigenvalue weighted by Gasteiger charge is 2.35. The minimum absolute atomic E-state index is 0.184. The quantitative estimate of drug-likeness (QED) is 0.867. The molecule has 0 radical (unpaired) electrons. The Bertz CT molecular complexity index is 829. The largest absolute Gasteiger partial charge is 0.480 e. The van der Waals surface area contributed by atoms with Crippen molar-refractivity contribution in [3.05, 3.63) is 36.5 Å². The van der Waals surface area contributed by atoms with Gasteiger partial charge in [-0.3, -0.25) is 14.3 Å². The lowest BCUT2D eigenvalue weighted by atomic mass is 10.2. The third-order valence-electron chi connectivity index (χ3n) is 3.07. The lowest BCUT2D eigenvalue weighted by molar-refractivity contribution is -0.141. The Morgan fingerprint density at radius 1 is 1.26 bits per heavy atom. The number of halogens is 3. The maximum atomic E-state index is 13.2. The van der Waals surface area contributed by atoms with Crippen molar-refractivity contribution in [3.8, 4) is 5.82 Å². The molecule has 0 aliphatic heterocycles. The summed E-state index contributed by atoms with van der Waals surface area (Å²) in [6.07, 6.45) is -1.98. The Hall–Kier alpha value is -3.11. The molecule has 0 unspecified atom stereocenters. The molecule has 0 aromatic carbocycles. The summed E-state index contributed by atoms with van der Waals surface area (Å²) in [4.78, 5) is 31.4. The molecule has 0 saturated heterocycles. The van der Waals surface area contributed by atoms with Crippen LogP contribution in [0.15, 0.2) is 30.9 Å². The smallest absolute Gasteiger partial charge is 0.433 e. The third-order valence-corrected chi connectivity index (χ3v) is 3.07. The minimum Gasteiger partial charge on any atom is -0.480 e. The second-order valence-electron chi connectivity index (χ2n) is 6.50. The first-order valence-corrected chi connectivity index (χ1v) is 7.67. The third kappa shape index (κ3) is 5.43. The van der Waals surface area contributed by atoms with Crippen molar-refractivity contribution in [2.75, 3.05) is 11.4 Å². The highest BCUT2D eigenvalue weighted by Crippen LogP contribution is 2.32. The summed E-state index contributed by atoms with van der Waals surface area (Å²) in [5.74, 6) is -1.60. The molecule has 27 heavy (non-hydrogen) atoms. The fourth-order valence-electron chi connectivity index (χ4n) is 2.04. The monoisotopic (exact) mass is 386 g/mol. The summed E-state index contributed by atoms with van der Waals surface area (Å²) in [7, 11) is 0. The van der Waals surface area contributed by atoms with Crippen molar-refractivity contribution in [3.63, 3.8) is 0 Å². The average molecular weight is 386 g/mol. The van der Waals surface area contributed by atoms with Crippen LogP contribution < -0.4 is 4.90 Å². The van der Waals surface area contributed by atoms with E-state index in [4.69, 9.17) is 9.84 Å². The molecule has 0 aliphatic carbocycles. The molecule has 0 spiro atoms. The van der Waals surface area contributed by atoms with E-state index in [9.17, 15) is 22.8 Å². The van der Waals surface area contributed by atoms with Gasteiger partial charge >= 0.3 is 18.2 Å². The van der Waals surface area contributed by atoms with Crippen molar-refractivity contribution in [2.45, 2.75) is 32.5 Å². The number of aromatic nitrogens is 3. The van der Waals surface area contributed by atoms with Gasteiger partial charge in [-0.05, 0) is 26.8 Å². The molecule has 0 saturated carbocycles. The number of nitrogens with zero attached hydrogens (tertiary/aromatic N) is 4. The summed E-state index contributed by atoms with van der Waals surface area (Å²) < 4.78 is 46.1. The van der Waals surface area contributed by atoms with E-state index >= 15 is 0 Å². The van der Waals surface area contributed by atoms with Gasteiger partial charge in [0.05, 0.1) is 5.69 Å². The Kier molecular flexibility index (Phi) is 5.43. The second-order valence-corrected chi connectivity index (χ2v) is 6.50. The van der Waals surface area contributed by atoms with Gasteiger partial charge in [0, 0.05) is 18.5 Å². The SMILES string of the molecule is CC(C)(C)OC(=O)N(CC(=O)O)c1cc(-n2ccnc2)nc(C(F)(F)F)c1. The minimum atomic E-state index is -4.81. The van der Waals surface area contributed by atoms with E-state index in [-0.39, 0.29) is 11.5 Å². The molecule has 2 aromatic heterocycles. The zero-order valence-corrected chi connectivity index (χ0v) is 14.7. The molecule has 0 bridgehead atoms. The van der Waals surface area contributed by atoms with Gasteiger partial charge in [0.2, 0.25) is 0 Å². The predicted molar refractivity (Wildman–Crippen MR) is 87.6 cm³/mol. The lowest BCUT2D eigenvalue weighted by Crippen LogP contribution is -2.40. The van der Waals surface area contributed by atoms with E-state index in [1.54, 1.807) is 20.8 Å². The van der Waals surface area contributed by atoms with Crippen molar-refractivity contribution in [1.82, 2.24) is 14.5 Å². The molecule has 8 nitrogen and oxygen atoms in total. The van der Waals surface area contributed by atoms with Gasteiger partial charge in [-0.2, -0.15) is 13.2 Å². The number of amides is 1. The number of rotatable bonds is 4. The summed E-state index contributed by atoms with van der Waals surface area (Å²) >= 11 is 0. The molecular weight excluding hydrogens is 369 g/mol. The number of carbonyl (C=O) groups excluding carboxylic acids is 1. The van der Waals surface area contributed by atoms with Gasteiger partial charge in [0.15, 0.2) is 0 Å². The molecule has 0 atom stereocenters. The maximum absolute atomic E-state index is 13.2. The fraction of sp³-hybridized carbons (Fsp3) is 0.375. The van der Waals surface area contributed by atoms with Crippen LogP contribution in [0, 0.1) is 0 Å². The molecule has 0 aliphatic rings. The molecule has 2 heterocycles. The number of pyridine rings is 1. The fourth-order valence-corrected chi connectivity index (χ4v) is 2.04. The number of aliphatic carboxylic acids is 1.